The summed E-state index contributed by atoms with van der Waals surface area (Å²) >= 11 is 3.59. The van der Waals surface area contributed by atoms with Crippen molar-refractivity contribution in [2.75, 3.05) is 31.5 Å². The van der Waals surface area contributed by atoms with E-state index < -0.39 is 6.04 Å². The zero-order chi connectivity index (χ0) is 21.5. The van der Waals surface area contributed by atoms with Crippen molar-refractivity contribution in [1.82, 2.24) is 39.6 Å². The van der Waals surface area contributed by atoms with Crippen LogP contribution in [-0.2, 0) is 11.8 Å². The van der Waals surface area contributed by atoms with Gasteiger partial charge in [-0.05, 0) is 35.0 Å². The van der Waals surface area contributed by atoms with Gasteiger partial charge in [0.2, 0.25) is 11.9 Å². The number of nitrogens with zero attached hydrogens (tertiary/aromatic N) is 7. The number of anilines is 1. The molecule has 0 spiro atoms. The topological polar surface area (TPSA) is 105 Å². The fraction of sp³-hybridized carbons (Fsp3) is 0.350. The molecule has 1 aromatic carbocycles. The molecule has 1 atom stereocenters. The second-order valence-corrected chi connectivity index (χ2v) is 8.44. The molecule has 4 aromatic rings. The predicted octanol–water partition coefficient (Wildman–Crippen LogP) is 1.67. The number of aryl methyl sites for hydroxylation is 1. The third-order valence-electron chi connectivity index (χ3n) is 5.36. The maximum Gasteiger partial charge on any atom is 0.244 e. The Hall–Kier alpha value is -3.05. The summed E-state index contributed by atoms with van der Waals surface area (Å²) in [6.45, 7) is 4.86. The van der Waals surface area contributed by atoms with Gasteiger partial charge in [0.15, 0.2) is 11.5 Å². The Morgan fingerprint density at radius 3 is 2.81 bits per heavy atom. The van der Waals surface area contributed by atoms with Gasteiger partial charge >= 0.3 is 0 Å². The zero-order valence-corrected chi connectivity index (χ0v) is 18.8. The zero-order valence-electron chi connectivity index (χ0n) is 17.2. The molecule has 4 heterocycles. The van der Waals surface area contributed by atoms with Crippen LogP contribution in [0.25, 0.3) is 27.9 Å². The Kier molecular flexibility index (Phi) is 5.06. The minimum atomic E-state index is -0.459. The molecule has 0 radical (unpaired) electrons. The molecule has 0 bridgehead atoms. The van der Waals surface area contributed by atoms with Crippen LogP contribution in [0.3, 0.4) is 0 Å². The van der Waals surface area contributed by atoms with Crippen LogP contribution in [0.5, 0.6) is 0 Å². The first kappa shape index (κ1) is 19.9. The van der Waals surface area contributed by atoms with Crippen molar-refractivity contribution in [2.24, 2.45) is 7.05 Å². The van der Waals surface area contributed by atoms with E-state index in [9.17, 15) is 4.79 Å². The highest BCUT2D eigenvalue weighted by Gasteiger charge is 2.24. The van der Waals surface area contributed by atoms with Gasteiger partial charge in [0.1, 0.15) is 6.04 Å². The van der Waals surface area contributed by atoms with E-state index in [4.69, 9.17) is 9.97 Å². The normalized spacial score (nSPS) is 15.5. The van der Waals surface area contributed by atoms with E-state index in [1.54, 1.807) is 15.4 Å². The van der Waals surface area contributed by atoms with E-state index >= 15 is 0 Å². The van der Waals surface area contributed by atoms with Crippen molar-refractivity contribution >= 4 is 44.3 Å². The van der Waals surface area contributed by atoms with Crippen molar-refractivity contribution < 1.29 is 4.79 Å². The summed E-state index contributed by atoms with van der Waals surface area (Å²) in [5.41, 5.74) is 2.23. The van der Waals surface area contributed by atoms with E-state index in [1.807, 2.05) is 43.3 Å². The number of carbonyl (C=O) groups is 1. The first-order chi connectivity index (χ1) is 15.0. The van der Waals surface area contributed by atoms with E-state index in [-0.39, 0.29) is 5.91 Å². The molecule has 0 aliphatic carbocycles. The number of aromatic nitrogens is 6. The molecular weight excluding hydrogens is 462 g/mol. The van der Waals surface area contributed by atoms with Gasteiger partial charge in [0.05, 0.1) is 17.3 Å². The lowest BCUT2D eigenvalue weighted by Gasteiger charge is -2.30. The number of hydrogen-bond donors (Lipinski definition) is 2. The number of halogens is 1. The largest absolute Gasteiger partial charge is 0.343 e. The lowest BCUT2D eigenvalue weighted by Crippen LogP contribution is -2.50. The maximum atomic E-state index is 12.9. The van der Waals surface area contributed by atoms with Crippen molar-refractivity contribution in [3.05, 3.63) is 35.1 Å². The minimum Gasteiger partial charge on any atom is -0.343 e. The number of amides is 1. The van der Waals surface area contributed by atoms with Crippen LogP contribution in [0.1, 0.15) is 6.92 Å². The van der Waals surface area contributed by atoms with Gasteiger partial charge in [0, 0.05) is 49.3 Å². The molecule has 1 aliphatic rings. The van der Waals surface area contributed by atoms with Crippen molar-refractivity contribution in [3.8, 4) is 11.4 Å². The summed E-state index contributed by atoms with van der Waals surface area (Å²) in [6, 6.07) is 5.38. The third-order valence-corrected chi connectivity index (χ3v) is 6.00. The number of benzene rings is 1. The number of hydrogen-bond acceptors (Lipinski definition) is 7. The lowest BCUT2D eigenvalue weighted by molar-refractivity contribution is -0.132. The average Bonchev–Trinajstić information content (AvgIpc) is 3.41. The van der Waals surface area contributed by atoms with Crippen LogP contribution in [0.4, 0.5) is 5.95 Å². The summed E-state index contributed by atoms with van der Waals surface area (Å²) in [4.78, 5) is 24.4. The predicted molar refractivity (Wildman–Crippen MR) is 121 cm³/mol. The third kappa shape index (κ3) is 3.63. The van der Waals surface area contributed by atoms with Crippen LogP contribution < -0.4 is 10.6 Å². The molecule has 1 amide bonds. The molecule has 5 rings (SSSR count). The van der Waals surface area contributed by atoms with Gasteiger partial charge in [-0.25, -0.2) is 9.97 Å². The first-order valence-electron chi connectivity index (χ1n) is 10.1. The molecule has 2 N–H and O–H groups in total. The van der Waals surface area contributed by atoms with Gasteiger partial charge in [-0.15, -0.1) is 5.10 Å². The van der Waals surface area contributed by atoms with Crippen molar-refractivity contribution in [3.63, 3.8) is 0 Å². The lowest BCUT2D eigenvalue weighted by atomic mass is 10.2. The van der Waals surface area contributed by atoms with Gasteiger partial charge in [-0.1, -0.05) is 6.07 Å². The van der Waals surface area contributed by atoms with Crippen LogP contribution in [0.2, 0.25) is 0 Å². The Morgan fingerprint density at radius 2 is 2.06 bits per heavy atom. The molecule has 160 valence electrons. The molecule has 31 heavy (non-hydrogen) atoms. The molecule has 3 aromatic heterocycles. The fourth-order valence-corrected chi connectivity index (χ4v) is 4.22. The highest BCUT2D eigenvalue weighted by atomic mass is 79.9. The molecule has 1 saturated heterocycles. The van der Waals surface area contributed by atoms with Crippen LogP contribution in [0.15, 0.2) is 35.1 Å². The van der Waals surface area contributed by atoms with Crippen molar-refractivity contribution in [2.45, 2.75) is 13.0 Å². The van der Waals surface area contributed by atoms with E-state index in [1.165, 1.54) is 0 Å². The van der Waals surface area contributed by atoms with E-state index in [2.05, 4.69) is 36.8 Å². The van der Waals surface area contributed by atoms with Gasteiger partial charge < -0.3 is 15.5 Å². The Morgan fingerprint density at radius 1 is 1.26 bits per heavy atom. The molecule has 11 heteroatoms. The molecule has 0 saturated carbocycles. The summed E-state index contributed by atoms with van der Waals surface area (Å²) in [7, 11) is 1.85. The molecule has 0 unspecified atom stereocenters. The van der Waals surface area contributed by atoms with E-state index in [0.717, 1.165) is 34.0 Å². The SMILES string of the molecule is C[C@@H](Nc1nc2c(Br)cccc2c2nc(-c3cnn(C)c3)nn12)C(=O)N1CCNCC1. The molecule has 1 fully saturated rings. The van der Waals surface area contributed by atoms with Gasteiger partial charge in [-0.3, -0.25) is 9.48 Å². The second kappa shape index (κ2) is 7.89. The van der Waals surface area contributed by atoms with Gasteiger partial charge in [-0.2, -0.15) is 9.61 Å². The molecular formula is C20H22BrN9O. The molecule has 1 aliphatic heterocycles. The first-order valence-corrected chi connectivity index (χ1v) is 10.9. The Balaban J connectivity index is 1.59. The smallest absolute Gasteiger partial charge is 0.244 e. The number of para-hydroxylation sites is 1. The second-order valence-electron chi connectivity index (χ2n) is 7.59. The van der Waals surface area contributed by atoms with Crippen molar-refractivity contribution in [1.29, 1.82) is 0 Å². The van der Waals surface area contributed by atoms with Gasteiger partial charge in [0.25, 0.3) is 0 Å². The number of fused-ring (bicyclic) bond motifs is 3. The number of piperazine rings is 1. The average molecular weight is 484 g/mol. The monoisotopic (exact) mass is 483 g/mol. The quantitative estimate of drug-likeness (QED) is 0.454. The highest BCUT2D eigenvalue weighted by molar-refractivity contribution is 9.10. The number of carbonyl (C=O) groups excluding carboxylic acids is 1. The Labute approximate surface area is 186 Å². The van der Waals surface area contributed by atoms with E-state index in [0.29, 0.717) is 30.5 Å². The van der Waals surface area contributed by atoms with Crippen LogP contribution in [0, 0.1) is 0 Å². The fourth-order valence-electron chi connectivity index (χ4n) is 3.76. The van der Waals surface area contributed by atoms with Crippen LogP contribution >= 0.6 is 15.9 Å². The number of nitrogens with one attached hydrogen (secondary N) is 2. The minimum absolute atomic E-state index is 0.0382. The maximum absolute atomic E-state index is 12.9. The highest BCUT2D eigenvalue weighted by Crippen LogP contribution is 2.28. The summed E-state index contributed by atoms with van der Waals surface area (Å²) in [5, 5.41) is 16.3. The van der Waals surface area contributed by atoms with Crippen LogP contribution in [-0.4, -0.2) is 72.4 Å². The number of rotatable bonds is 4. The Bertz CT molecular complexity index is 1270. The molecule has 10 nitrogen and oxygen atoms in total. The summed E-state index contributed by atoms with van der Waals surface area (Å²) < 4.78 is 4.22. The summed E-state index contributed by atoms with van der Waals surface area (Å²) in [5.74, 6) is 1.05. The summed E-state index contributed by atoms with van der Waals surface area (Å²) in [6.07, 6.45) is 3.59. The standard InChI is InChI=1S/C20H22BrN9O/c1-12(19(31)29-8-6-22-7-9-29)24-20-25-16-14(4-3-5-15(16)21)18-26-17(27-30(18)20)13-10-23-28(2)11-13/h3-5,10-12,22H,6-9H2,1-2H3,(H,24,25)/t12-/m1/s1.